The Morgan fingerprint density at radius 1 is 1.53 bits per heavy atom. The molecule has 1 heterocycles. The molecule has 1 aromatic rings. The molecular formula is C11H19N3O2S. The number of aromatic nitrogens is 1. The molecule has 1 aromatic heterocycles. The minimum absolute atomic E-state index is 0.132. The van der Waals surface area contributed by atoms with Gasteiger partial charge in [0.25, 0.3) is 0 Å². The van der Waals surface area contributed by atoms with E-state index in [4.69, 9.17) is 0 Å². The lowest BCUT2D eigenvalue weighted by Crippen LogP contribution is -2.26. The van der Waals surface area contributed by atoms with Gasteiger partial charge < -0.3 is 10.3 Å². The second kappa shape index (κ2) is 4.80. The maximum atomic E-state index is 12.0. The second-order valence-corrected chi connectivity index (χ2v) is 6.24. The highest BCUT2D eigenvalue weighted by molar-refractivity contribution is 7.89. The molecule has 2 rings (SSSR count). The summed E-state index contributed by atoms with van der Waals surface area (Å²) >= 11 is 0. The van der Waals surface area contributed by atoms with Crippen LogP contribution in [0.15, 0.2) is 17.2 Å². The van der Waals surface area contributed by atoms with E-state index in [-0.39, 0.29) is 6.04 Å². The summed E-state index contributed by atoms with van der Waals surface area (Å²) in [5.41, 5.74) is 0.871. The molecule has 0 saturated heterocycles. The van der Waals surface area contributed by atoms with Gasteiger partial charge in [0.2, 0.25) is 10.0 Å². The largest absolute Gasteiger partial charge is 0.363 e. The molecule has 0 bridgehead atoms. The predicted molar refractivity (Wildman–Crippen MR) is 66.1 cm³/mol. The molecule has 0 spiro atoms. The first kappa shape index (κ1) is 12.6. The Morgan fingerprint density at radius 3 is 2.88 bits per heavy atom. The van der Waals surface area contributed by atoms with Gasteiger partial charge in [-0.05, 0) is 25.5 Å². The molecule has 2 atom stereocenters. The van der Waals surface area contributed by atoms with Crippen LogP contribution in [-0.2, 0) is 16.6 Å². The fourth-order valence-electron chi connectivity index (χ4n) is 1.98. The van der Waals surface area contributed by atoms with Crippen LogP contribution in [0.1, 0.15) is 25.5 Å². The Kier molecular flexibility index (Phi) is 3.56. The van der Waals surface area contributed by atoms with Gasteiger partial charge >= 0.3 is 0 Å². The molecule has 1 aliphatic carbocycles. The summed E-state index contributed by atoms with van der Waals surface area (Å²) < 4.78 is 26.8. The lowest BCUT2D eigenvalue weighted by molar-refractivity contribution is 0.576. The zero-order chi connectivity index (χ0) is 12.5. The van der Waals surface area contributed by atoms with Crippen LogP contribution >= 0.6 is 0 Å². The summed E-state index contributed by atoms with van der Waals surface area (Å²) in [5, 5.41) is 2.97. The van der Waals surface area contributed by atoms with Crippen molar-refractivity contribution < 1.29 is 8.42 Å². The molecule has 17 heavy (non-hydrogen) atoms. The lowest BCUT2D eigenvalue weighted by atomic mass is 10.3. The maximum Gasteiger partial charge on any atom is 0.242 e. The monoisotopic (exact) mass is 257 g/mol. The van der Waals surface area contributed by atoms with Gasteiger partial charge in [-0.2, -0.15) is 0 Å². The van der Waals surface area contributed by atoms with E-state index in [1.807, 2.05) is 7.05 Å². The van der Waals surface area contributed by atoms with Gasteiger partial charge in [0.05, 0.1) is 4.90 Å². The van der Waals surface area contributed by atoms with E-state index in [2.05, 4.69) is 21.9 Å². The van der Waals surface area contributed by atoms with Crippen molar-refractivity contribution >= 4 is 10.0 Å². The van der Waals surface area contributed by atoms with Gasteiger partial charge in [-0.15, -0.1) is 0 Å². The summed E-state index contributed by atoms with van der Waals surface area (Å²) in [5.74, 6) is 0.514. The summed E-state index contributed by atoms with van der Waals surface area (Å²) in [6.45, 7) is 2.72. The average molecular weight is 257 g/mol. The first-order valence-corrected chi connectivity index (χ1v) is 7.39. The molecule has 3 N–H and O–H groups in total. The fourth-order valence-corrected chi connectivity index (χ4v) is 3.31. The van der Waals surface area contributed by atoms with Crippen molar-refractivity contribution in [3.05, 3.63) is 18.0 Å². The van der Waals surface area contributed by atoms with Crippen LogP contribution < -0.4 is 10.0 Å². The molecule has 96 valence electrons. The highest BCUT2D eigenvalue weighted by Crippen LogP contribution is 2.34. The standard InChI is InChI=1S/C11H19N3O2S/c1-3-8-4-11(8)14-17(15,16)10-5-9(6-12-2)13-7-10/h5,7-8,11-14H,3-4,6H2,1-2H3. The average Bonchev–Trinajstić information content (AvgIpc) is 2.82. The summed E-state index contributed by atoms with van der Waals surface area (Å²) in [6.07, 6.45) is 3.53. The maximum absolute atomic E-state index is 12.0. The van der Waals surface area contributed by atoms with E-state index in [1.54, 1.807) is 12.3 Å². The first-order chi connectivity index (χ1) is 8.06. The van der Waals surface area contributed by atoms with Crippen molar-refractivity contribution in [1.29, 1.82) is 0 Å². The zero-order valence-corrected chi connectivity index (χ0v) is 11.0. The lowest BCUT2D eigenvalue weighted by Gasteiger charge is -2.03. The van der Waals surface area contributed by atoms with Crippen LogP contribution in [0.5, 0.6) is 0 Å². The highest BCUT2D eigenvalue weighted by atomic mass is 32.2. The van der Waals surface area contributed by atoms with Crippen molar-refractivity contribution in [3.63, 3.8) is 0 Å². The van der Waals surface area contributed by atoms with Crippen LogP contribution in [0, 0.1) is 5.92 Å². The van der Waals surface area contributed by atoms with Crippen LogP contribution in [0.4, 0.5) is 0 Å². The summed E-state index contributed by atoms with van der Waals surface area (Å²) in [6, 6.07) is 1.80. The molecule has 6 heteroatoms. The molecule has 1 aliphatic rings. The third-order valence-electron chi connectivity index (χ3n) is 3.15. The van der Waals surface area contributed by atoms with Crippen molar-refractivity contribution in [2.45, 2.75) is 37.2 Å². The molecule has 2 unspecified atom stereocenters. The SMILES string of the molecule is CCC1CC1NS(=O)(=O)c1c[nH]c(CNC)c1. The molecule has 1 fully saturated rings. The smallest absolute Gasteiger partial charge is 0.242 e. The predicted octanol–water partition coefficient (Wildman–Crippen LogP) is 0.811. The van der Waals surface area contributed by atoms with Gasteiger partial charge in [0.1, 0.15) is 0 Å². The van der Waals surface area contributed by atoms with Gasteiger partial charge in [0.15, 0.2) is 0 Å². The number of hydrogen-bond donors (Lipinski definition) is 3. The van der Waals surface area contributed by atoms with E-state index in [0.717, 1.165) is 18.5 Å². The van der Waals surface area contributed by atoms with Gasteiger partial charge in [0, 0.05) is 24.5 Å². The highest BCUT2D eigenvalue weighted by Gasteiger charge is 2.38. The van der Waals surface area contributed by atoms with Crippen molar-refractivity contribution in [2.24, 2.45) is 5.92 Å². The Balaban J connectivity index is 2.04. The van der Waals surface area contributed by atoms with E-state index >= 15 is 0 Å². The fraction of sp³-hybridized carbons (Fsp3) is 0.636. The number of aromatic amines is 1. The zero-order valence-electron chi connectivity index (χ0n) is 10.2. The van der Waals surface area contributed by atoms with Crippen molar-refractivity contribution in [2.75, 3.05) is 7.05 Å². The van der Waals surface area contributed by atoms with Gasteiger partial charge in [-0.3, -0.25) is 0 Å². The van der Waals surface area contributed by atoms with Gasteiger partial charge in [-0.1, -0.05) is 13.3 Å². The van der Waals surface area contributed by atoms with E-state index in [9.17, 15) is 8.42 Å². The third kappa shape index (κ3) is 2.88. The minimum atomic E-state index is -3.35. The Hall–Kier alpha value is -0.850. The molecule has 0 aromatic carbocycles. The number of hydrogen-bond acceptors (Lipinski definition) is 3. The number of rotatable bonds is 6. The Morgan fingerprint density at radius 2 is 2.29 bits per heavy atom. The van der Waals surface area contributed by atoms with Gasteiger partial charge in [-0.25, -0.2) is 13.1 Å². The third-order valence-corrected chi connectivity index (χ3v) is 4.62. The van der Waals surface area contributed by atoms with Crippen molar-refractivity contribution in [1.82, 2.24) is 15.0 Å². The molecule has 0 aliphatic heterocycles. The molecular weight excluding hydrogens is 238 g/mol. The van der Waals surface area contributed by atoms with Crippen LogP contribution in [0.2, 0.25) is 0 Å². The minimum Gasteiger partial charge on any atom is -0.363 e. The van der Waals surface area contributed by atoms with Crippen LogP contribution in [0.3, 0.4) is 0 Å². The van der Waals surface area contributed by atoms with E-state index in [1.165, 1.54) is 0 Å². The van der Waals surface area contributed by atoms with Crippen LogP contribution in [-0.4, -0.2) is 26.5 Å². The normalized spacial score (nSPS) is 23.9. The quantitative estimate of drug-likeness (QED) is 0.706. The Bertz CT molecular complexity index is 481. The summed E-state index contributed by atoms with van der Waals surface area (Å²) in [4.78, 5) is 3.27. The van der Waals surface area contributed by atoms with E-state index < -0.39 is 10.0 Å². The van der Waals surface area contributed by atoms with Crippen LogP contribution in [0.25, 0.3) is 0 Å². The Labute approximate surface area is 102 Å². The topological polar surface area (TPSA) is 74.0 Å². The molecule has 5 nitrogen and oxygen atoms in total. The molecule has 0 radical (unpaired) electrons. The number of H-pyrrole nitrogens is 1. The number of nitrogens with one attached hydrogen (secondary N) is 3. The summed E-state index contributed by atoms with van der Waals surface area (Å²) in [7, 11) is -1.52. The molecule has 1 saturated carbocycles. The van der Waals surface area contributed by atoms with E-state index in [0.29, 0.717) is 17.4 Å². The first-order valence-electron chi connectivity index (χ1n) is 5.91. The second-order valence-electron chi connectivity index (χ2n) is 4.52. The van der Waals surface area contributed by atoms with Crippen molar-refractivity contribution in [3.8, 4) is 0 Å². The molecule has 0 amide bonds. The number of sulfonamides is 1.